The third-order valence-electron chi connectivity index (χ3n) is 3.04. The lowest BCUT2D eigenvalue weighted by molar-refractivity contribution is 0.142. The van der Waals surface area contributed by atoms with Crippen LogP contribution in [0.5, 0.6) is 0 Å². The van der Waals surface area contributed by atoms with E-state index < -0.39 is 6.09 Å². The molecule has 1 atom stereocenters. The van der Waals surface area contributed by atoms with Gasteiger partial charge in [-0.1, -0.05) is 11.6 Å². The van der Waals surface area contributed by atoms with Crippen LogP contribution in [0.2, 0.25) is 5.15 Å². The largest absolute Gasteiger partial charge is 0.465 e. The Bertz CT molecular complexity index is 449. The summed E-state index contributed by atoms with van der Waals surface area (Å²) >= 11 is 5.82. The Morgan fingerprint density at radius 1 is 1.67 bits per heavy atom. The van der Waals surface area contributed by atoms with Gasteiger partial charge in [0, 0.05) is 26.2 Å². The smallest absolute Gasteiger partial charge is 0.407 e. The monoisotopic (exact) mass is 271 g/mol. The van der Waals surface area contributed by atoms with Crippen LogP contribution >= 0.6 is 11.6 Å². The van der Waals surface area contributed by atoms with E-state index in [1.54, 1.807) is 13.1 Å². The molecule has 0 spiro atoms. The molecule has 0 bridgehead atoms. The summed E-state index contributed by atoms with van der Waals surface area (Å²) in [5.74, 6) is 0.751. The highest BCUT2D eigenvalue weighted by Crippen LogP contribution is 2.23. The van der Waals surface area contributed by atoms with E-state index in [0.717, 1.165) is 13.0 Å². The lowest BCUT2D eigenvalue weighted by Crippen LogP contribution is -2.38. The number of aromatic nitrogens is 2. The van der Waals surface area contributed by atoms with Gasteiger partial charge < -0.3 is 20.6 Å². The van der Waals surface area contributed by atoms with Gasteiger partial charge in [0.25, 0.3) is 0 Å². The molecule has 0 aliphatic carbocycles. The second-order valence-electron chi connectivity index (χ2n) is 4.19. The van der Waals surface area contributed by atoms with Crippen molar-refractivity contribution in [1.82, 2.24) is 14.9 Å². The van der Waals surface area contributed by atoms with E-state index in [1.165, 1.54) is 4.90 Å². The number of amides is 1. The number of likely N-dealkylation sites (N-methyl/N-ethyl adjacent to an activating group) is 1. The van der Waals surface area contributed by atoms with Crippen molar-refractivity contribution >= 4 is 29.5 Å². The number of carboxylic acid groups (broad SMARTS) is 1. The normalized spacial score (nSPS) is 19.0. The molecule has 0 saturated carbocycles. The second kappa shape index (κ2) is 4.85. The summed E-state index contributed by atoms with van der Waals surface area (Å²) < 4.78 is 0. The summed E-state index contributed by atoms with van der Waals surface area (Å²) in [5.41, 5.74) is 5.53. The van der Waals surface area contributed by atoms with Crippen LogP contribution in [0.25, 0.3) is 0 Å². The van der Waals surface area contributed by atoms with Crippen molar-refractivity contribution in [3.05, 3.63) is 11.2 Å². The van der Waals surface area contributed by atoms with E-state index in [-0.39, 0.29) is 17.1 Å². The summed E-state index contributed by atoms with van der Waals surface area (Å²) in [6.07, 6.45) is -0.174. The first-order valence-electron chi connectivity index (χ1n) is 5.48. The van der Waals surface area contributed by atoms with E-state index in [2.05, 4.69) is 9.97 Å². The number of hydrogen-bond donors (Lipinski definition) is 2. The molecule has 2 rings (SSSR count). The molecule has 1 aliphatic rings. The van der Waals surface area contributed by atoms with Gasteiger partial charge in [0.05, 0.1) is 6.04 Å². The fourth-order valence-electron chi connectivity index (χ4n) is 2.01. The van der Waals surface area contributed by atoms with Crippen molar-refractivity contribution in [2.24, 2.45) is 0 Å². The molecule has 1 saturated heterocycles. The average Bonchev–Trinajstić information content (AvgIpc) is 2.75. The fourth-order valence-corrected chi connectivity index (χ4v) is 2.19. The third kappa shape index (κ3) is 2.56. The summed E-state index contributed by atoms with van der Waals surface area (Å²) in [6.45, 7) is 1.30. The highest BCUT2D eigenvalue weighted by molar-refractivity contribution is 6.29. The molecule has 7 nitrogen and oxygen atoms in total. The Hall–Kier alpha value is -1.76. The quantitative estimate of drug-likeness (QED) is 0.776. The average molecular weight is 272 g/mol. The standard InChI is InChI=1S/C10H14ClN5O2/c1-15(10(17)18)6-2-3-16(5-6)8-4-7(11)13-9(12)14-8/h4,6H,2-3,5H2,1H3,(H,17,18)(H2,12,13,14)/t6-/m1/s1. The van der Waals surface area contributed by atoms with Crippen molar-refractivity contribution in [2.45, 2.75) is 12.5 Å². The Morgan fingerprint density at radius 2 is 2.39 bits per heavy atom. The maximum atomic E-state index is 10.9. The van der Waals surface area contributed by atoms with Crippen molar-refractivity contribution in [2.75, 3.05) is 30.8 Å². The molecule has 18 heavy (non-hydrogen) atoms. The van der Waals surface area contributed by atoms with Gasteiger partial charge >= 0.3 is 6.09 Å². The molecule has 0 aromatic carbocycles. The van der Waals surface area contributed by atoms with Crippen LogP contribution in [0.4, 0.5) is 16.6 Å². The SMILES string of the molecule is CN(C(=O)O)[C@@H]1CCN(c2cc(Cl)nc(N)n2)C1. The zero-order chi connectivity index (χ0) is 13.3. The highest BCUT2D eigenvalue weighted by Gasteiger charge is 2.29. The summed E-state index contributed by atoms with van der Waals surface area (Å²) in [5, 5.41) is 9.21. The van der Waals surface area contributed by atoms with Gasteiger partial charge in [-0.15, -0.1) is 0 Å². The van der Waals surface area contributed by atoms with Crippen LogP contribution in [-0.2, 0) is 0 Å². The first-order chi connectivity index (χ1) is 8.47. The number of nitrogen functional groups attached to an aromatic ring is 1. The first kappa shape index (κ1) is 12.7. The minimum atomic E-state index is -0.929. The molecule has 1 fully saturated rings. The van der Waals surface area contributed by atoms with Crippen LogP contribution in [0.1, 0.15) is 6.42 Å². The van der Waals surface area contributed by atoms with Crippen LogP contribution in [0.15, 0.2) is 6.07 Å². The van der Waals surface area contributed by atoms with Gasteiger partial charge in [-0.3, -0.25) is 0 Å². The summed E-state index contributed by atoms with van der Waals surface area (Å²) in [7, 11) is 1.57. The number of halogens is 1. The number of rotatable bonds is 2. The van der Waals surface area contributed by atoms with Crippen molar-refractivity contribution in [3.63, 3.8) is 0 Å². The van der Waals surface area contributed by atoms with Crippen LogP contribution in [0, 0.1) is 0 Å². The number of anilines is 2. The molecular weight excluding hydrogens is 258 g/mol. The molecule has 0 unspecified atom stereocenters. The molecule has 2 heterocycles. The lowest BCUT2D eigenvalue weighted by atomic mass is 10.2. The molecule has 1 amide bonds. The van der Waals surface area contributed by atoms with Gasteiger partial charge in [0.1, 0.15) is 11.0 Å². The topological polar surface area (TPSA) is 95.6 Å². The zero-order valence-corrected chi connectivity index (χ0v) is 10.6. The van der Waals surface area contributed by atoms with E-state index in [9.17, 15) is 4.79 Å². The summed E-state index contributed by atoms with van der Waals surface area (Å²) in [4.78, 5) is 22.0. The second-order valence-corrected chi connectivity index (χ2v) is 4.58. The van der Waals surface area contributed by atoms with Gasteiger partial charge in [-0.25, -0.2) is 9.78 Å². The lowest BCUT2D eigenvalue weighted by Gasteiger charge is -2.22. The molecule has 8 heteroatoms. The minimum Gasteiger partial charge on any atom is -0.465 e. The molecule has 1 aromatic heterocycles. The Kier molecular flexibility index (Phi) is 3.42. The number of hydrogen-bond acceptors (Lipinski definition) is 5. The molecule has 3 N–H and O–H groups in total. The van der Waals surface area contributed by atoms with Crippen LogP contribution < -0.4 is 10.6 Å². The molecule has 0 radical (unpaired) electrons. The van der Waals surface area contributed by atoms with Crippen LogP contribution in [0.3, 0.4) is 0 Å². The number of nitrogens with two attached hydrogens (primary N) is 1. The van der Waals surface area contributed by atoms with Crippen LogP contribution in [-0.4, -0.2) is 52.2 Å². The van der Waals surface area contributed by atoms with E-state index in [0.29, 0.717) is 12.4 Å². The predicted octanol–water partition coefficient (Wildman–Crippen LogP) is 0.901. The molecule has 1 aromatic rings. The first-order valence-corrected chi connectivity index (χ1v) is 5.86. The van der Waals surface area contributed by atoms with Gasteiger partial charge in [0.2, 0.25) is 5.95 Å². The van der Waals surface area contributed by atoms with E-state index in [1.807, 2.05) is 4.90 Å². The van der Waals surface area contributed by atoms with Gasteiger partial charge in [0.15, 0.2) is 0 Å². The van der Waals surface area contributed by atoms with Gasteiger partial charge in [-0.2, -0.15) is 4.98 Å². The van der Waals surface area contributed by atoms with Crippen molar-refractivity contribution in [3.8, 4) is 0 Å². The fraction of sp³-hybridized carbons (Fsp3) is 0.500. The van der Waals surface area contributed by atoms with Gasteiger partial charge in [-0.05, 0) is 6.42 Å². The Morgan fingerprint density at radius 3 is 3.00 bits per heavy atom. The number of carbonyl (C=O) groups is 1. The minimum absolute atomic E-state index is 0.0440. The predicted molar refractivity (Wildman–Crippen MR) is 67.9 cm³/mol. The molecule has 1 aliphatic heterocycles. The van der Waals surface area contributed by atoms with Crippen molar-refractivity contribution in [1.29, 1.82) is 0 Å². The zero-order valence-electron chi connectivity index (χ0n) is 9.88. The molecular formula is C10H14ClN5O2. The summed E-state index contributed by atoms with van der Waals surface area (Å²) in [6, 6.07) is 1.58. The molecule has 98 valence electrons. The highest BCUT2D eigenvalue weighted by atomic mass is 35.5. The Balaban J connectivity index is 2.11. The van der Waals surface area contributed by atoms with E-state index >= 15 is 0 Å². The maximum absolute atomic E-state index is 10.9. The Labute approximate surface area is 109 Å². The number of nitrogens with zero attached hydrogens (tertiary/aromatic N) is 4. The van der Waals surface area contributed by atoms with Crippen molar-refractivity contribution < 1.29 is 9.90 Å². The third-order valence-corrected chi connectivity index (χ3v) is 3.23. The maximum Gasteiger partial charge on any atom is 0.407 e. The van der Waals surface area contributed by atoms with E-state index in [4.69, 9.17) is 22.4 Å².